The van der Waals surface area contributed by atoms with Gasteiger partial charge in [-0.25, -0.2) is 14.4 Å². The maximum absolute atomic E-state index is 13.1. The van der Waals surface area contributed by atoms with E-state index in [1.54, 1.807) is 40.0 Å². The van der Waals surface area contributed by atoms with E-state index in [1.807, 2.05) is 7.05 Å². The Morgan fingerprint density at radius 3 is 2.57 bits per heavy atom. The van der Waals surface area contributed by atoms with Gasteiger partial charge in [0, 0.05) is 38.8 Å². The second kappa shape index (κ2) is 7.25. The van der Waals surface area contributed by atoms with E-state index in [2.05, 4.69) is 20.0 Å². The topological polar surface area (TPSA) is 80.3 Å². The summed E-state index contributed by atoms with van der Waals surface area (Å²) in [5.41, 5.74) is 1.51. The zero-order chi connectivity index (χ0) is 20.7. The van der Waals surface area contributed by atoms with E-state index in [0.717, 1.165) is 22.4 Å². The van der Waals surface area contributed by atoms with Crippen molar-refractivity contribution in [3.63, 3.8) is 0 Å². The molecule has 1 fully saturated rings. The summed E-state index contributed by atoms with van der Waals surface area (Å²) in [5.74, 6) is 1.18. The highest BCUT2D eigenvalue weighted by molar-refractivity contribution is 5.92. The van der Waals surface area contributed by atoms with Crippen molar-refractivity contribution in [2.24, 2.45) is 7.05 Å². The first kappa shape index (κ1) is 18.3. The molecule has 1 aromatic carbocycles. The smallest absolute Gasteiger partial charge is 0.289 e. The molecule has 0 saturated carbocycles. The number of benzene rings is 1. The number of aromatic nitrogens is 4. The molecule has 4 aromatic rings. The number of fused-ring (bicyclic) bond motifs is 1. The number of nitrogens with zero attached hydrogens (tertiary/aromatic N) is 6. The average Bonchev–Trinajstić information content (AvgIpc) is 3.41. The monoisotopic (exact) mass is 406 g/mol. The van der Waals surface area contributed by atoms with Crippen molar-refractivity contribution in [1.29, 1.82) is 0 Å². The molecule has 1 saturated heterocycles. The maximum atomic E-state index is 13.1. The second-order valence-electron chi connectivity index (χ2n) is 7.15. The van der Waals surface area contributed by atoms with E-state index in [9.17, 15) is 9.18 Å². The Labute approximate surface area is 171 Å². The third kappa shape index (κ3) is 3.18. The minimum Gasteiger partial charge on any atom is -0.451 e. The van der Waals surface area contributed by atoms with Crippen molar-refractivity contribution in [3.05, 3.63) is 60.5 Å². The zero-order valence-electron chi connectivity index (χ0n) is 16.3. The molecule has 5 rings (SSSR count). The zero-order valence-corrected chi connectivity index (χ0v) is 16.3. The fraction of sp³-hybridized carbons (Fsp3) is 0.238. The number of hydrogen-bond donors (Lipinski definition) is 0. The summed E-state index contributed by atoms with van der Waals surface area (Å²) in [5, 5.41) is 5.15. The lowest BCUT2D eigenvalue weighted by molar-refractivity contribution is 0.0715. The summed E-state index contributed by atoms with van der Waals surface area (Å²) in [6, 6.07) is 9.38. The molecule has 152 valence electrons. The van der Waals surface area contributed by atoms with E-state index in [0.29, 0.717) is 31.9 Å². The van der Waals surface area contributed by atoms with E-state index in [4.69, 9.17) is 4.42 Å². The predicted molar refractivity (Wildman–Crippen MR) is 109 cm³/mol. The van der Waals surface area contributed by atoms with Gasteiger partial charge in [-0.15, -0.1) is 0 Å². The minimum atomic E-state index is -0.313. The number of rotatable bonds is 3. The third-order valence-corrected chi connectivity index (χ3v) is 5.32. The summed E-state index contributed by atoms with van der Waals surface area (Å²) in [7, 11) is 1.85. The van der Waals surface area contributed by atoms with Crippen LogP contribution in [-0.4, -0.2) is 56.7 Å². The largest absolute Gasteiger partial charge is 0.451 e. The predicted octanol–water partition coefficient (Wildman–Crippen LogP) is 2.72. The number of carbonyl (C=O) groups is 1. The molecular weight excluding hydrogens is 387 g/mol. The van der Waals surface area contributed by atoms with Gasteiger partial charge in [0.15, 0.2) is 11.4 Å². The summed E-state index contributed by atoms with van der Waals surface area (Å²) < 4.78 is 20.6. The van der Waals surface area contributed by atoms with Crippen LogP contribution in [0.15, 0.2) is 53.3 Å². The van der Waals surface area contributed by atoms with Gasteiger partial charge in [-0.3, -0.25) is 9.48 Å². The molecule has 1 aliphatic heterocycles. The average molecular weight is 406 g/mol. The van der Waals surface area contributed by atoms with Crippen LogP contribution in [0.2, 0.25) is 0 Å². The maximum Gasteiger partial charge on any atom is 0.289 e. The van der Waals surface area contributed by atoms with Gasteiger partial charge in [-0.2, -0.15) is 5.10 Å². The van der Waals surface area contributed by atoms with Crippen molar-refractivity contribution in [1.82, 2.24) is 24.6 Å². The highest BCUT2D eigenvalue weighted by Gasteiger charge is 2.26. The Bertz CT molecular complexity index is 1210. The SMILES string of the molecule is Cn1ncc2c(N3CCN(C(=O)c4ccc(-c5ccc(F)cc5)o4)CC3)ncnc21. The standard InChI is InChI=1S/C21H19FN6O2/c1-26-19-16(12-25-26)20(24-13-23-19)27-8-10-28(11-9-27)21(29)18-7-6-17(30-18)14-2-4-15(22)5-3-14/h2-7,12-13H,8-11H2,1H3. The van der Waals surface area contributed by atoms with Crippen molar-refractivity contribution >= 4 is 22.8 Å². The highest BCUT2D eigenvalue weighted by atomic mass is 19.1. The van der Waals surface area contributed by atoms with E-state index in [-0.39, 0.29) is 17.5 Å². The molecule has 9 heteroatoms. The lowest BCUT2D eigenvalue weighted by atomic mass is 10.2. The van der Waals surface area contributed by atoms with Crippen LogP contribution >= 0.6 is 0 Å². The first-order chi connectivity index (χ1) is 14.6. The summed E-state index contributed by atoms with van der Waals surface area (Å²) in [6.45, 7) is 2.41. The van der Waals surface area contributed by atoms with Gasteiger partial charge in [0.05, 0.1) is 11.6 Å². The number of piperazine rings is 1. The number of aryl methyl sites for hydroxylation is 1. The van der Waals surface area contributed by atoms with Gasteiger partial charge < -0.3 is 14.2 Å². The van der Waals surface area contributed by atoms with E-state index < -0.39 is 0 Å². The first-order valence-corrected chi connectivity index (χ1v) is 9.63. The van der Waals surface area contributed by atoms with Crippen LogP contribution in [0.5, 0.6) is 0 Å². The summed E-state index contributed by atoms with van der Waals surface area (Å²) >= 11 is 0. The number of anilines is 1. The lowest BCUT2D eigenvalue weighted by Gasteiger charge is -2.35. The van der Waals surface area contributed by atoms with Gasteiger partial charge in [-0.1, -0.05) is 0 Å². The quantitative estimate of drug-likeness (QED) is 0.521. The Kier molecular flexibility index (Phi) is 4.42. The van der Waals surface area contributed by atoms with Crippen LogP contribution in [0.25, 0.3) is 22.4 Å². The number of carbonyl (C=O) groups excluding carboxylic acids is 1. The fourth-order valence-corrected chi connectivity index (χ4v) is 3.70. The number of furan rings is 1. The molecule has 30 heavy (non-hydrogen) atoms. The molecule has 1 amide bonds. The fourth-order valence-electron chi connectivity index (χ4n) is 3.70. The minimum absolute atomic E-state index is 0.155. The van der Waals surface area contributed by atoms with Crippen LogP contribution in [0, 0.1) is 5.82 Å². The third-order valence-electron chi connectivity index (χ3n) is 5.32. The van der Waals surface area contributed by atoms with Crippen molar-refractivity contribution in [3.8, 4) is 11.3 Å². The van der Waals surface area contributed by atoms with Gasteiger partial charge in [0.1, 0.15) is 23.7 Å². The van der Waals surface area contributed by atoms with Crippen LogP contribution in [-0.2, 0) is 7.05 Å². The van der Waals surface area contributed by atoms with Crippen LogP contribution in [0.4, 0.5) is 10.2 Å². The molecule has 0 radical (unpaired) electrons. The van der Waals surface area contributed by atoms with E-state index in [1.165, 1.54) is 18.5 Å². The second-order valence-corrected chi connectivity index (χ2v) is 7.15. The Morgan fingerprint density at radius 1 is 1.03 bits per heavy atom. The van der Waals surface area contributed by atoms with Crippen molar-refractivity contribution in [2.45, 2.75) is 0 Å². The van der Waals surface area contributed by atoms with E-state index >= 15 is 0 Å². The molecule has 0 N–H and O–H groups in total. The molecule has 0 atom stereocenters. The van der Waals surface area contributed by atoms with Gasteiger partial charge >= 0.3 is 0 Å². The first-order valence-electron chi connectivity index (χ1n) is 9.63. The molecule has 1 aliphatic rings. The molecule has 0 aliphatic carbocycles. The molecule has 0 spiro atoms. The Hall–Kier alpha value is -3.75. The molecule has 3 aromatic heterocycles. The van der Waals surface area contributed by atoms with Gasteiger partial charge in [0.2, 0.25) is 0 Å². The number of amides is 1. The normalized spacial score (nSPS) is 14.5. The molecule has 0 bridgehead atoms. The van der Waals surface area contributed by atoms with Crippen LogP contribution < -0.4 is 4.90 Å². The number of hydrogen-bond acceptors (Lipinski definition) is 6. The van der Waals surface area contributed by atoms with Crippen molar-refractivity contribution < 1.29 is 13.6 Å². The molecule has 0 unspecified atom stereocenters. The lowest BCUT2D eigenvalue weighted by Crippen LogP contribution is -2.49. The summed E-state index contributed by atoms with van der Waals surface area (Å²) in [4.78, 5) is 25.5. The van der Waals surface area contributed by atoms with Gasteiger partial charge in [-0.05, 0) is 36.4 Å². The molecular formula is C21H19FN6O2. The summed E-state index contributed by atoms with van der Waals surface area (Å²) in [6.07, 6.45) is 3.30. The molecule has 8 nitrogen and oxygen atoms in total. The Morgan fingerprint density at radius 2 is 1.80 bits per heavy atom. The number of halogens is 1. The van der Waals surface area contributed by atoms with Crippen LogP contribution in [0.1, 0.15) is 10.6 Å². The highest BCUT2D eigenvalue weighted by Crippen LogP contribution is 2.25. The van der Waals surface area contributed by atoms with Gasteiger partial charge in [0.25, 0.3) is 5.91 Å². The molecule has 4 heterocycles. The van der Waals surface area contributed by atoms with Crippen molar-refractivity contribution in [2.75, 3.05) is 31.1 Å². The van der Waals surface area contributed by atoms with Crippen LogP contribution in [0.3, 0.4) is 0 Å². The Balaban J connectivity index is 1.28.